The number of hydrogen-bond donors (Lipinski definition) is 2. The molecule has 0 atom stereocenters. The van der Waals surface area contributed by atoms with E-state index in [1.54, 1.807) is 0 Å². The molecule has 1 fully saturated rings. The predicted molar refractivity (Wildman–Crippen MR) is 82.1 cm³/mol. The van der Waals surface area contributed by atoms with E-state index < -0.39 is 16.9 Å². The van der Waals surface area contributed by atoms with Gasteiger partial charge >= 0.3 is 6.03 Å². The Labute approximate surface area is 133 Å². The van der Waals surface area contributed by atoms with Crippen molar-refractivity contribution in [2.45, 2.75) is 38.1 Å². The van der Waals surface area contributed by atoms with Crippen molar-refractivity contribution in [1.29, 1.82) is 0 Å². The second kappa shape index (κ2) is 8.11. The van der Waals surface area contributed by atoms with Gasteiger partial charge in [-0.15, -0.1) is 0 Å². The first-order chi connectivity index (χ1) is 11.0. The molecule has 1 aromatic carbocycles. The molecule has 124 valence electrons. The van der Waals surface area contributed by atoms with Crippen molar-refractivity contribution in [3.8, 4) is 5.75 Å². The molecule has 8 heteroatoms. The van der Waals surface area contributed by atoms with Crippen LogP contribution in [-0.4, -0.2) is 29.5 Å². The van der Waals surface area contributed by atoms with Gasteiger partial charge in [0, 0.05) is 12.1 Å². The van der Waals surface area contributed by atoms with E-state index in [9.17, 15) is 19.7 Å². The zero-order valence-corrected chi connectivity index (χ0v) is 12.6. The van der Waals surface area contributed by atoms with Crippen LogP contribution < -0.4 is 15.4 Å². The van der Waals surface area contributed by atoms with Crippen LogP contribution in [0.4, 0.5) is 10.5 Å². The number of benzene rings is 1. The molecule has 0 bridgehead atoms. The first-order valence-corrected chi connectivity index (χ1v) is 7.52. The van der Waals surface area contributed by atoms with Crippen molar-refractivity contribution < 1.29 is 19.2 Å². The van der Waals surface area contributed by atoms with Crippen molar-refractivity contribution in [2.24, 2.45) is 0 Å². The number of imide groups is 1. The van der Waals surface area contributed by atoms with E-state index in [1.807, 2.05) is 0 Å². The largest absolute Gasteiger partial charge is 0.484 e. The number of nitrogens with zero attached hydrogens (tertiary/aromatic N) is 1. The van der Waals surface area contributed by atoms with E-state index in [0.29, 0.717) is 0 Å². The second-order valence-electron chi connectivity index (χ2n) is 5.40. The summed E-state index contributed by atoms with van der Waals surface area (Å²) in [6.07, 6.45) is 5.18. The summed E-state index contributed by atoms with van der Waals surface area (Å²) in [5, 5.41) is 15.6. The summed E-state index contributed by atoms with van der Waals surface area (Å²) < 4.78 is 5.15. The minimum atomic E-state index is -0.607. The number of carbonyl (C=O) groups excluding carboxylic acids is 2. The number of carbonyl (C=O) groups is 2. The maximum absolute atomic E-state index is 11.7. The normalized spacial score (nSPS) is 14.8. The zero-order chi connectivity index (χ0) is 16.7. The van der Waals surface area contributed by atoms with Gasteiger partial charge in [-0.25, -0.2) is 4.79 Å². The van der Waals surface area contributed by atoms with Crippen LogP contribution in [0.25, 0.3) is 0 Å². The van der Waals surface area contributed by atoms with Gasteiger partial charge in [0.15, 0.2) is 6.61 Å². The molecule has 23 heavy (non-hydrogen) atoms. The van der Waals surface area contributed by atoms with E-state index in [2.05, 4.69) is 10.6 Å². The van der Waals surface area contributed by atoms with Gasteiger partial charge in [-0.1, -0.05) is 25.3 Å². The lowest BCUT2D eigenvalue weighted by molar-refractivity contribution is -0.384. The molecule has 8 nitrogen and oxygen atoms in total. The Balaban J connectivity index is 1.75. The van der Waals surface area contributed by atoms with Gasteiger partial charge in [-0.05, 0) is 18.9 Å². The lowest BCUT2D eigenvalue weighted by Crippen LogP contribution is -2.46. The van der Waals surface area contributed by atoms with Crippen LogP contribution in [0.1, 0.15) is 32.1 Å². The minimum absolute atomic E-state index is 0.106. The number of nitrogens with one attached hydrogen (secondary N) is 2. The molecule has 0 radical (unpaired) electrons. The molecule has 0 spiro atoms. The molecular weight excluding hydrogens is 302 g/mol. The van der Waals surface area contributed by atoms with Gasteiger partial charge < -0.3 is 10.1 Å². The number of non-ortho nitro benzene ring substituents is 1. The quantitative estimate of drug-likeness (QED) is 0.637. The van der Waals surface area contributed by atoms with E-state index in [0.717, 1.165) is 25.7 Å². The third-order valence-electron chi connectivity index (χ3n) is 3.59. The molecule has 0 heterocycles. The van der Waals surface area contributed by atoms with Crippen LogP contribution in [0.3, 0.4) is 0 Å². The third kappa shape index (κ3) is 5.57. The smallest absolute Gasteiger partial charge is 0.321 e. The van der Waals surface area contributed by atoms with Crippen LogP contribution in [0.2, 0.25) is 0 Å². The second-order valence-corrected chi connectivity index (χ2v) is 5.40. The van der Waals surface area contributed by atoms with Gasteiger partial charge in [0.25, 0.3) is 11.6 Å². The van der Waals surface area contributed by atoms with Gasteiger partial charge in [0.1, 0.15) is 5.75 Å². The SMILES string of the molecule is O=C(COc1cccc([N+](=O)[O-])c1)NC(=O)NC1CCCCC1. The Morgan fingerprint density at radius 2 is 2.00 bits per heavy atom. The number of nitro groups is 1. The third-order valence-corrected chi connectivity index (χ3v) is 3.59. The van der Waals surface area contributed by atoms with Gasteiger partial charge in [0.05, 0.1) is 11.0 Å². The number of urea groups is 1. The molecule has 1 saturated carbocycles. The molecule has 2 N–H and O–H groups in total. The monoisotopic (exact) mass is 321 g/mol. The zero-order valence-electron chi connectivity index (χ0n) is 12.6. The van der Waals surface area contributed by atoms with E-state index in [-0.39, 0.29) is 24.1 Å². The van der Waals surface area contributed by atoms with E-state index in [4.69, 9.17) is 4.74 Å². The molecule has 0 unspecified atom stereocenters. The Hall–Kier alpha value is -2.64. The first kappa shape index (κ1) is 16.7. The molecule has 2 rings (SSSR count). The summed E-state index contributed by atoms with van der Waals surface area (Å²) in [5.41, 5.74) is -0.127. The molecule has 0 saturated heterocycles. The van der Waals surface area contributed by atoms with Crippen LogP contribution in [0.15, 0.2) is 24.3 Å². The molecule has 0 aliphatic heterocycles. The summed E-state index contributed by atoms with van der Waals surface area (Å²) >= 11 is 0. The van der Waals surface area contributed by atoms with Crippen LogP contribution in [0.5, 0.6) is 5.75 Å². The summed E-state index contributed by atoms with van der Waals surface area (Å²) in [4.78, 5) is 33.4. The fourth-order valence-corrected chi connectivity index (χ4v) is 2.47. The van der Waals surface area contributed by atoms with Gasteiger partial charge in [0.2, 0.25) is 0 Å². The van der Waals surface area contributed by atoms with Crippen molar-refractivity contribution >= 4 is 17.6 Å². The fraction of sp³-hybridized carbons (Fsp3) is 0.467. The highest BCUT2D eigenvalue weighted by molar-refractivity contribution is 5.95. The summed E-state index contributed by atoms with van der Waals surface area (Å²) in [6.45, 7) is -0.390. The Bertz CT molecular complexity index is 584. The number of amides is 3. The van der Waals surface area contributed by atoms with E-state index >= 15 is 0 Å². The average molecular weight is 321 g/mol. The molecule has 1 aliphatic rings. The van der Waals surface area contributed by atoms with E-state index in [1.165, 1.54) is 30.7 Å². The molecule has 0 aromatic heterocycles. The van der Waals surface area contributed by atoms with Crippen LogP contribution >= 0.6 is 0 Å². The highest BCUT2D eigenvalue weighted by Crippen LogP contribution is 2.19. The summed E-state index contributed by atoms with van der Waals surface area (Å²) in [6, 6.07) is 5.07. The summed E-state index contributed by atoms with van der Waals surface area (Å²) in [5.74, 6) is -0.410. The standard InChI is InChI=1S/C15H19N3O5/c19-14(17-15(20)16-11-5-2-1-3-6-11)10-23-13-8-4-7-12(9-13)18(21)22/h4,7-9,11H,1-3,5-6,10H2,(H2,16,17,19,20). The molecule has 1 aliphatic carbocycles. The highest BCUT2D eigenvalue weighted by atomic mass is 16.6. The Morgan fingerprint density at radius 1 is 1.26 bits per heavy atom. The lowest BCUT2D eigenvalue weighted by Gasteiger charge is -2.22. The van der Waals surface area contributed by atoms with Crippen molar-refractivity contribution in [3.63, 3.8) is 0 Å². The number of hydrogen-bond acceptors (Lipinski definition) is 5. The van der Waals surface area contributed by atoms with Crippen LogP contribution in [-0.2, 0) is 4.79 Å². The Morgan fingerprint density at radius 3 is 2.70 bits per heavy atom. The minimum Gasteiger partial charge on any atom is -0.484 e. The molecule has 1 aromatic rings. The van der Waals surface area contributed by atoms with Crippen molar-refractivity contribution in [2.75, 3.05) is 6.61 Å². The van der Waals surface area contributed by atoms with Crippen molar-refractivity contribution in [3.05, 3.63) is 34.4 Å². The highest BCUT2D eigenvalue weighted by Gasteiger charge is 2.17. The molecule has 3 amide bonds. The number of ether oxygens (including phenoxy) is 1. The van der Waals surface area contributed by atoms with Gasteiger partial charge in [-0.3, -0.25) is 20.2 Å². The number of rotatable bonds is 5. The van der Waals surface area contributed by atoms with Crippen molar-refractivity contribution in [1.82, 2.24) is 10.6 Å². The lowest BCUT2D eigenvalue weighted by atomic mass is 9.96. The summed E-state index contributed by atoms with van der Waals surface area (Å²) in [7, 11) is 0. The predicted octanol–water partition coefficient (Wildman–Crippen LogP) is 2.13. The number of nitro benzene ring substituents is 1. The van der Waals surface area contributed by atoms with Gasteiger partial charge in [-0.2, -0.15) is 0 Å². The fourth-order valence-electron chi connectivity index (χ4n) is 2.47. The van der Waals surface area contributed by atoms with Crippen LogP contribution in [0, 0.1) is 10.1 Å². The Kier molecular flexibility index (Phi) is 5.90. The maximum Gasteiger partial charge on any atom is 0.321 e. The average Bonchev–Trinajstić information content (AvgIpc) is 2.54. The maximum atomic E-state index is 11.7. The molecular formula is C15H19N3O5. The first-order valence-electron chi connectivity index (χ1n) is 7.52. The topological polar surface area (TPSA) is 111 Å².